The zero-order valence-corrected chi connectivity index (χ0v) is 10.2. The van der Waals surface area contributed by atoms with Crippen LogP contribution in [0.4, 0.5) is 0 Å². The second-order valence-corrected chi connectivity index (χ2v) is 4.43. The fourth-order valence-corrected chi connectivity index (χ4v) is 2.21. The third-order valence-electron chi connectivity index (χ3n) is 3.31. The molecule has 0 amide bonds. The molecule has 0 saturated carbocycles. The molecule has 18 heavy (non-hydrogen) atoms. The van der Waals surface area contributed by atoms with Crippen molar-refractivity contribution >= 4 is 5.97 Å². The number of carboxylic acid groups (broad SMARTS) is 1. The lowest BCUT2D eigenvalue weighted by Gasteiger charge is -2.35. The van der Waals surface area contributed by atoms with E-state index in [1.54, 1.807) is 12.1 Å². The third-order valence-corrected chi connectivity index (χ3v) is 3.31. The Morgan fingerprint density at radius 3 is 2.89 bits per heavy atom. The van der Waals surface area contributed by atoms with Crippen LogP contribution in [0.25, 0.3) is 0 Å². The summed E-state index contributed by atoms with van der Waals surface area (Å²) in [5.74, 6) is -0.701. The molecule has 0 radical (unpaired) electrons. The maximum atomic E-state index is 10.9. The second kappa shape index (κ2) is 5.37. The van der Waals surface area contributed by atoms with Crippen molar-refractivity contribution in [2.24, 2.45) is 0 Å². The largest absolute Gasteiger partial charge is 0.508 e. The van der Waals surface area contributed by atoms with Crippen LogP contribution in [0.15, 0.2) is 24.3 Å². The number of ether oxygens (including phenoxy) is 1. The Hall–Kier alpha value is -1.59. The lowest BCUT2D eigenvalue weighted by atomic mass is 10.0. The highest BCUT2D eigenvalue weighted by atomic mass is 16.5. The van der Waals surface area contributed by atoms with Crippen molar-refractivity contribution in [1.29, 1.82) is 0 Å². The van der Waals surface area contributed by atoms with E-state index in [0.29, 0.717) is 19.7 Å². The van der Waals surface area contributed by atoms with Crippen molar-refractivity contribution in [3.8, 4) is 5.75 Å². The number of rotatable bonds is 3. The van der Waals surface area contributed by atoms with Gasteiger partial charge in [0, 0.05) is 24.7 Å². The van der Waals surface area contributed by atoms with Gasteiger partial charge in [-0.2, -0.15) is 0 Å². The summed E-state index contributed by atoms with van der Waals surface area (Å²) in [5, 5.41) is 18.8. The molecule has 0 spiro atoms. The molecule has 0 aliphatic carbocycles. The predicted octanol–water partition coefficient (Wildman–Crippen LogP) is 1.24. The number of aromatic hydroxyl groups is 1. The molecule has 2 unspecified atom stereocenters. The molecule has 1 aromatic rings. The minimum absolute atomic E-state index is 0.0306. The molecule has 5 heteroatoms. The number of carbonyl (C=O) groups is 1. The molecule has 1 saturated heterocycles. The number of phenolic OH excluding ortho intramolecular Hbond substituents is 1. The molecule has 2 rings (SSSR count). The first-order valence-corrected chi connectivity index (χ1v) is 5.96. The smallest absolute Gasteiger partial charge is 0.334 e. The van der Waals surface area contributed by atoms with E-state index in [9.17, 15) is 9.90 Å². The lowest BCUT2D eigenvalue weighted by Crippen LogP contribution is -2.46. The molecule has 1 heterocycles. The summed E-state index contributed by atoms with van der Waals surface area (Å²) in [4.78, 5) is 12.9. The van der Waals surface area contributed by atoms with Gasteiger partial charge in [-0.15, -0.1) is 0 Å². The van der Waals surface area contributed by atoms with Crippen molar-refractivity contribution in [1.82, 2.24) is 4.90 Å². The van der Waals surface area contributed by atoms with E-state index in [1.165, 1.54) is 0 Å². The highest BCUT2D eigenvalue weighted by molar-refractivity contribution is 5.72. The van der Waals surface area contributed by atoms with Crippen LogP contribution in [0.3, 0.4) is 0 Å². The summed E-state index contributed by atoms with van der Waals surface area (Å²) in [6, 6.07) is 7.09. The van der Waals surface area contributed by atoms with Crippen molar-refractivity contribution < 1.29 is 19.7 Å². The summed E-state index contributed by atoms with van der Waals surface area (Å²) in [7, 11) is 0. The van der Waals surface area contributed by atoms with Crippen molar-refractivity contribution in [2.75, 3.05) is 19.7 Å². The molecule has 1 aromatic carbocycles. The second-order valence-electron chi connectivity index (χ2n) is 4.43. The van der Waals surface area contributed by atoms with E-state index in [4.69, 9.17) is 9.84 Å². The summed E-state index contributed by atoms with van der Waals surface area (Å²) in [6.45, 7) is 3.36. The van der Waals surface area contributed by atoms with Gasteiger partial charge in [0.05, 0.1) is 6.61 Å². The van der Waals surface area contributed by atoms with Gasteiger partial charge in [0.25, 0.3) is 0 Å². The first kappa shape index (κ1) is 12.9. The van der Waals surface area contributed by atoms with Crippen LogP contribution in [0.5, 0.6) is 5.75 Å². The van der Waals surface area contributed by atoms with Crippen LogP contribution in [-0.4, -0.2) is 46.9 Å². The molecule has 1 aliphatic rings. The standard InChI is InChI=1S/C13H17NO4/c1-9(10-4-2-3-5-11(10)15)14-6-7-18-12(8-14)13(16)17/h2-5,9,12,15H,6-8H2,1H3,(H,16,17). The van der Waals surface area contributed by atoms with E-state index >= 15 is 0 Å². The molecule has 98 valence electrons. The van der Waals surface area contributed by atoms with Crippen molar-refractivity contribution in [3.63, 3.8) is 0 Å². The Labute approximate surface area is 106 Å². The number of aliphatic carboxylic acids is 1. The Morgan fingerprint density at radius 2 is 2.22 bits per heavy atom. The van der Waals surface area contributed by atoms with Crippen LogP contribution >= 0.6 is 0 Å². The van der Waals surface area contributed by atoms with Crippen LogP contribution in [-0.2, 0) is 9.53 Å². The highest BCUT2D eigenvalue weighted by Crippen LogP contribution is 2.29. The number of nitrogens with zero attached hydrogens (tertiary/aromatic N) is 1. The maximum Gasteiger partial charge on any atom is 0.334 e. The molecule has 0 bridgehead atoms. The molecule has 5 nitrogen and oxygen atoms in total. The van der Waals surface area contributed by atoms with Gasteiger partial charge in [0.2, 0.25) is 0 Å². The average Bonchev–Trinajstić information content (AvgIpc) is 2.38. The molecular weight excluding hydrogens is 234 g/mol. The van der Waals surface area contributed by atoms with Gasteiger partial charge >= 0.3 is 5.97 Å². The number of hydrogen-bond acceptors (Lipinski definition) is 4. The Bertz CT molecular complexity index is 435. The zero-order chi connectivity index (χ0) is 13.1. The minimum Gasteiger partial charge on any atom is -0.508 e. The van der Waals surface area contributed by atoms with Crippen LogP contribution in [0.2, 0.25) is 0 Å². The number of morpholine rings is 1. The molecule has 1 aliphatic heterocycles. The summed E-state index contributed by atoms with van der Waals surface area (Å²) in [6.07, 6.45) is -0.785. The van der Waals surface area contributed by atoms with Gasteiger partial charge in [0.15, 0.2) is 6.10 Å². The van der Waals surface area contributed by atoms with Gasteiger partial charge < -0.3 is 14.9 Å². The number of benzene rings is 1. The number of para-hydroxylation sites is 1. The van der Waals surface area contributed by atoms with Crippen LogP contribution in [0, 0.1) is 0 Å². The monoisotopic (exact) mass is 251 g/mol. The fraction of sp³-hybridized carbons (Fsp3) is 0.462. The van der Waals surface area contributed by atoms with Crippen LogP contribution in [0.1, 0.15) is 18.5 Å². The topological polar surface area (TPSA) is 70.0 Å². The van der Waals surface area contributed by atoms with Gasteiger partial charge in [-0.1, -0.05) is 18.2 Å². The maximum absolute atomic E-state index is 10.9. The van der Waals surface area contributed by atoms with E-state index in [-0.39, 0.29) is 11.8 Å². The lowest BCUT2D eigenvalue weighted by molar-refractivity contribution is -0.157. The van der Waals surface area contributed by atoms with E-state index in [0.717, 1.165) is 5.56 Å². The van der Waals surface area contributed by atoms with Gasteiger partial charge in [-0.05, 0) is 13.0 Å². The zero-order valence-electron chi connectivity index (χ0n) is 10.2. The predicted molar refractivity (Wildman–Crippen MR) is 65.5 cm³/mol. The van der Waals surface area contributed by atoms with Gasteiger partial charge in [0.1, 0.15) is 5.75 Å². The first-order valence-electron chi connectivity index (χ1n) is 5.96. The highest BCUT2D eigenvalue weighted by Gasteiger charge is 2.29. The van der Waals surface area contributed by atoms with E-state index in [2.05, 4.69) is 0 Å². The third kappa shape index (κ3) is 2.63. The molecule has 2 N–H and O–H groups in total. The summed E-state index contributed by atoms with van der Waals surface area (Å²) in [5.41, 5.74) is 0.809. The Kier molecular flexibility index (Phi) is 3.84. The summed E-state index contributed by atoms with van der Waals surface area (Å²) >= 11 is 0. The number of phenols is 1. The average molecular weight is 251 g/mol. The Morgan fingerprint density at radius 1 is 1.50 bits per heavy atom. The minimum atomic E-state index is -0.941. The Balaban J connectivity index is 2.11. The summed E-state index contributed by atoms with van der Waals surface area (Å²) < 4.78 is 5.18. The van der Waals surface area contributed by atoms with Crippen molar-refractivity contribution in [3.05, 3.63) is 29.8 Å². The van der Waals surface area contributed by atoms with Gasteiger partial charge in [-0.25, -0.2) is 4.79 Å². The molecule has 1 fully saturated rings. The molecule has 2 atom stereocenters. The molecular formula is C13H17NO4. The van der Waals surface area contributed by atoms with Gasteiger partial charge in [-0.3, -0.25) is 4.90 Å². The fourth-order valence-electron chi connectivity index (χ4n) is 2.21. The number of hydrogen-bond donors (Lipinski definition) is 2. The first-order chi connectivity index (χ1) is 8.59. The van der Waals surface area contributed by atoms with E-state index < -0.39 is 12.1 Å². The van der Waals surface area contributed by atoms with Crippen molar-refractivity contribution in [2.45, 2.75) is 19.1 Å². The van der Waals surface area contributed by atoms with E-state index in [1.807, 2.05) is 24.0 Å². The quantitative estimate of drug-likeness (QED) is 0.845. The molecule has 0 aromatic heterocycles. The van der Waals surface area contributed by atoms with Crippen LogP contribution < -0.4 is 0 Å². The normalized spacial score (nSPS) is 22.6. The SMILES string of the molecule is CC(c1ccccc1O)N1CCOC(C(=O)O)C1. The number of carboxylic acids is 1.